The van der Waals surface area contributed by atoms with Gasteiger partial charge < -0.3 is 20.1 Å². The second-order valence-electron chi connectivity index (χ2n) is 13.9. The van der Waals surface area contributed by atoms with E-state index < -0.39 is 63.2 Å². The van der Waals surface area contributed by atoms with Crippen LogP contribution in [0.15, 0.2) is 23.8 Å². The minimum Gasteiger partial charge on any atom is -0.459 e. The van der Waals surface area contributed by atoms with E-state index in [-0.39, 0.29) is 36.2 Å². The molecule has 39 heavy (non-hydrogen) atoms. The Hall–Kier alpha value is -2.16. The van der Waals surface area contributed by atoms with Crippen LogP contribution in [-0.2, 0) is 23.9 Å². The highest BCUT2D eigenvalue weighted by atomic mass is 16.5. The zero-order chi connectivity index (χ0) is 29.5. The number of carbonyl (C=O) groups is 4. The van der Waals surface area contributed by atoms with Gasteiger partial charge in [-0.05, 0) is 81.8 Å². The number of Topliss-reactive ketones (excluding diaryl/α,β-unsaturated/α-hetero) is 2. The highest BCUT2D eigenvalue weighted by Crippen LogP contribution is 2.74. The molecule has 0 aromatic rings. The van der Waals surface area contributed by atoms with Crippen molar-refractivity contribution in [1.29, 1.82) is 0 Å². The number of ketones is 3. The number of fused-ring (bicyclic) bond motifs is 5. The fraction of sp³-hybridized carbons (Fsp3) is 0.742. The molecule has 1 unspecified atom stereocenters. The van der Waals surface area contributed by atoms with Gasteiger partial charge in [0.25, 0.3) is 0 Å². The molecule has 0 bridgehead atoms. The van der Waals surface area contributed by atoms with Crippen LogP contribution in [0.2, 0.25) is 0 Å². The van der Waals surface area contributed by atoms with Crippen LogP contribution in [0.3, 0.4) is 0 Å². The number of hydrogen-bond acceptors (Lipinski definition) is 8. The quantitative estimate of drug-likeness (QED) is 0.273. The first-order valence-corrected chi connectivity index (χ1v) is 14.0. The van der Waals surface area contributed by atoms with E-state index in [0.29, 0.717) is 12.8 Å². The van der Waals surface area contributed by atoms with Gasteiger partial charge >= 0.3 is 5.97 Å². The maximum absolute atomic E-state index is 14.3. The van der Waals surface area contributed by atoms with Crippen LogP contribution < -0.4 is 0 Å². The van der Waals surface area contributed by atoms with Crippen molar-refractivity contribution in [2.75, 3.05) is 0 Å². The highest BCUT2D eigenvalue weighted by Gasteiger charge is 2.74. The molecule has 0 aromatic heterocycles. The number of esters is 1. The van der Waals surface area contributed by atoms with Gasteiger partial charge in [-0.25, -0.2) is 0 Å². The molecule has 0 radical (unpaired) electrons. The standard InChI is InChI=1S/C31H44O8/c1-16(39-17(2)32)9-12-23(35)31(8,38)25-21(34)14-28(5)22-11-10-18-19(13-20(33)26(37)27(18,3)4)30(22,7)24(36)15-29(25,28)6/h9-10,12,16,19-22,25,33-34,38H,11,13-15H2,1-8H3/b12-9+/t16?,19-,20+,21-,22+,25+,28+,29-,30+,31+/m1/s1. The number of rotatable bonds is 5. The van der Waals surface area contributed by atoms with Crippen molar-refractivity contribution in [3.8, 4) is 0 Å². The van der Waals surface area contributed by atoms with E-state index in [2.05, 4.69) is 13.0 Å². The summed E-state index contributed by atoms with van der Waals surface area (Å²) >= 11 is 0. The molecule has 4 aliphatic rings. The van der Waals surface area contributed by atoms with Gasteiger partial charge in [-0.1, -0.05) is 32.4 Å². The summed E-state index contributed by atoms with van der Waals surface area (Å²) in [6.45, 7) is 13.8. The van der Waals surface area contributed by atoms with E-state index in [1.54, 1.807) is 6.92 Å². The van der Waals surface area contributed by atoms with E-state index in [1.165, 1.54) is 26.0 Å². The predicted molar refractivity (Wildman–Crippen MR) is 143 cm³/mol. The summed E-state index contributed by atoms with van der Waals surface area (Å²) in [4.78, 5) is 51.7. The Balaban J connectivity index is 1.74. The monoisotopic (exact) mass is 544 g/mol. The third-order valence-electron chi connectivity index (χ3n) is 11.4. The van der Waals surface area contributed by atoms with Crippen LogP contribution in [0.1, 0.15) is 81.1 Å². The lowest BCUT2D eigenvalue weighted by Gasteiger charge is -2.64. The SMILES string of the molecule is CC(=O)OC(C)/C=C/C(=O)[C@](C)(O)[C@H]1[C@H](O)C[C@@]2(C)[C@@H]3CC=C4[C@@H](C[C@H](O)C(=O)C4(C)C)[C@]3(C)C(=O)C[C@]12C. The van der Waals surface area contributed by atoms with Crippen molar-refractivity contribution < 1.29 is 39.2 Å². The summed E-state index contributed by atoms with van der Waals surface area (Å²) in [5.74, 6) is -2.81. The molecule has 8 heteroatoms. The Labute approximate surface area is 230 Å². The molecule has 0 amide bonds. The molecule has 0 heterocycles. The van der Waals surface area contributed by atoms with Crippen LogP contribution in [0.4, 0.5) is 0 Å². The molecule has 3 fully saturated rings. The third-order valence-corrected chi connectivity index (χ3v) is 11.4. The van der Waals surface area contributed by atoms with Crippen molar-refractivity contribution >= 4 is 23.3 Å². The van der Waals surface area contributed by atoms with Gasteiger partial charge in [-0.3, -0.25) is 19.2 Å². The first-order valence-electron chi connectivity index (χ1n) is 14.0. The summed E-state index contributed by atoms with van der Waals surface area (Å²) in [6, 6.07) is 0. The lowest BCUT2D eigenvalue weighted by atomic mass is 9.38. The smallest absolute Gasteiger partial charge is 0.303 e. The van der Waals surface area contributed by atoms with E-state index in [0.717, 1.165) is 5.57 Å². The maximum Gasteiger partial charge on any atom is 0.303 e. The number of carbonyl (C=O) groups excluding carboxylic acids is 4. The van der Waals surface area contributed by atoms with Crippen LogP contribution in [0, 0.1) is 39.4 Å². The molecular weight excluding hydrogens is 500 g/mol. The van der Waals surface area contributed by atoms with Gasteiger partial charge in [0.2, 0.25) is 0 Å². The molecule has 10 atom stereocenters. The first kappa shape index (κ1) is 29.8. The molecule has 4 rings (SSSR count). The van der Waals surface area contributed by atoms with Crippen molar-refractivity contribution in [2.24, 2.45) is 39.4 Å². The van der Waals surface area contributed by atoms with Gasteiger partial charge in [0.15, 0.2) is 11.6 Å². The summed E-state index contributed by atoms with van der Waals surface area (Å²) in [5.41, 5.74) is -4.31. The number of allylic oxidation sites excluding steroid dienone is 2. The lowest BCUT2D eigenvalue weighted by Crippen LogP contribution is -2.65. The van der Waals surface area contributed by atoms with Gasteiger partial charge in [0, 0.05) is 30.1 Å². The second kappa shape index (κ2) is 9.18. The number of hydrogen-bond donors (Lipinski definition) is 3. The maximum atomic E-state index is 14.3. The summed E-state index contributed by atoms with van der Waals surface area (Å²) in [6.07, 6.45) is 2.88. The molecule has 0 aromatic carbocycles. The number of ether oxygens (including phenoxy) is 1. The van der Waals surface area contributed by atoms with Crippen molar-refractivity contribution in [3.05, 3.63) is 23.8 Å². The predicted octanol–water partition coefficient (Wildman–Crippen LogP) is 3.11. The molecule has 0 aliphatic heterocycles. The average molecular weight is 545 g/mol. The molecule has 3 saturated carbocycles. The summed E-state index contributed by atoms with van der Waals surface area (Å²) in [7, 11) is 0. The summed E-state index contributed by atoms with van der Waals surface area (Å²) < 4.78 is 5.04. The molecule has 8 nitrogen and oxygen atoms in total. The van der Waals surface area contributed by atoms with Crippen molar-refractivity contribution in [3.63, 3.8) is 0 Å². The fourth-order valence-corrected chi connectivity index (χ4v) is 9.24. The zero-order valence-electron chi connectivity index (χ0n) is 24.4. The normalized spacial score (nSPS) is 43.6. The molecule has 0 saturated heterocycles. The second-order valence-corrected chi connectivity index (χ2v) is 13.9. The molecule has 3 N–H and O–H groups in total. The highest BCUT2D eigenvalue weighted by molar-refractivity contribution is 5.98. The Morgan fingerprint density at radius 2 is 1.74 bits per heavy atom. The zero-order valence-corrected chi connectivity index (χ0v) is 24.4. The molecular formula is C31H44O8. The van der Waals surface area contributed by atoms with Gasteiger partial charge in [-0.15, -0.1) is 0 Å². The lowest BCUT2D eigenvalue weighted by molar-refractivity contribution is -0.183. The Morgan fingerprint density at radius 1 is 1.13 bits per heavy atom. The Kier molecular flexibility index (Phi) is 7.02. The van der Waals surface area contributed by atoms with Crippen LogP contribution in [0.5, 0.6) is 0 Å². The van der Waals surface area contributed by atoms with Crippen LogP contribution in [-0.4, -0.2) is 62.6 Å². The van der Waals surface area contributed by atoms with Gasteiger partial charge in [0.1, 0.15) is 23.6 Å². The fourth-order valence-electron chi connectivity index (χ4n) is 9.24. The Morgan fingerprint density at radius 3 is 2.33 bits per heavy atom. The Bertz CT molecular complexity index is 1160. The average Bonchev–Trinajstić information content (AvgIpc) is 3.01. The van der Waals surface area contributed by atoms with E-state index in [1.807, 2.05) is 27.7 Å². The minimum atomic E-state index is -1.97. The largest absolute Gasteiger partial charge is 0.459 e. The van der Waals surface area contributed by atoms with Crippen LogP contribution in [0.25, 0.3) is 0 Å². The van der Waals surface area contributed by atoms with Gasteiger partial charge in [-0.2, -0.15) is 0 Å². The van der Waals surface area contributed by atoms with Crippen LogP contribution >= 0.6 is 0 Å². The first-order chi connectivity index (χ1) is 17.8. The van der Waals surface area contributed by atoms with Gasteiger partial charge in [0.05, 0.1) is 6.10 Å². The number of aliphatic hydroxyl groups is 3. The molecule has 0 spiro atoms. The molecule has 216 valence electrons. The van der Waals surface area contributed by atoms with Crippen molar-refractivity contribution in [2.45, 2.75) is 105 Å². The van der Waals surface area contributed by atoms with E-state index in [9.17, 15) is 34.5 Å². The number of aliphatic hydroxyl groups excluding tert-OH is 2. The van der Waals surface area contributed by atoms with Crippen molar-refractivity contribution in [1.82, 2.24) is 0 Å². The minimum absolute atomic E-state index is 0.0261. The summed E-state index contributed by atoms with van der Waals surface area (Å²) in [5, 5.41) is 33.8. The molecule has 4 aliphatic carbocycles. The van der Waals surface area contributed by atoms with E-state index >= 15 is 0 Å². The topological polar surface area (TPSA) is 138 Å². The third kappa shape index (κ3) is 4.04. The van der Waals surface area contributed by atoms with E-state index in [4.69, 9.17) is 4.74 Å².